The molecule has 4 aliphatic carbocycles. The van der Waals surface area contributed by atoms with E-state index in [0.717, 1.165) is 29.7 Å². The summed E-state index contributed by atoms with van der Waals surface area (Å²) >= 11 is 6.32. The third kappa shape index (κ3) is 2.32. The topological polar surface area (TPSA) is 26.3 Å². The lowest BCUT2D eigenvalue weighted by Gasteiger charge is -2.56. The molecule has 0 amide bonds. The average molecular weight is 349 g/mol. The maximum atomic E-state index is 11.5. The van der Waals surface area contributed by atoms with Crippen molar-refractivity contribution in [3.05, 3.63) is 22.8 Å². The summed E-state index contributed by atoms with van der Waals surface area (Å²) in [6.45, 7) is 6.40. The van der Waals surface area contributed by atoms with Crippen molar-refractivity contribution < 1.29 is 9.53 Å². The maximum absolute atomic E-state index is 11.5. The minimum atomic E-state index is -0.117. The average Bonchev–Trinajstić information content (AvgIpc) is 2.84. The molecule has 0 N–H and O–H groups in total. The molecule has 0 heterocycles. The van der Waals surface area contributed by atoms with Crippen molar-refractivity contribution in [2.24, 2.45) is 28.6 Å². The van der Waals surface area contributed by atoms with E-state index in [4.69, 9.17) is 16.3 Å². The van der Waals surface area contributed by atoms with E-state index < -0.39 is 0 Å². The van der Waals surface area contributed by atoms with Crippen LogP contribution < -0.4 is 0 Å². The third-order valence-corrected chi connectivity index (χ3v) is 8.24. The molecule has 24 heavy (non-hydrogen) atoms. The van der Waals surface area contributed by atoms with Crippen LogP contribution in [0.4, 0.5) is 0 Å². The fraction of sp³-hybridized carbons (Fsp3) is 0.762. The van der Waals surface area contributed by atoms with Crippen molar-refractivity contribution in [2.75, 3.05) is 0 Å². The molecule has 2 saturated carbocycles. The Hall–Kier alpha value is -0.760. The molecule has 3 heteroatoms. The van der Waals surface area contributed by atoms with Gasteiger partial charge in [-0.15, -0.1) is 0 Å². The normalized spacial score (nSPS) is 47.0. The molecule has 0 aromatic rings. The van der Waals surface area contributed by atoms with Crippen LogP contribution in [0.1, 0.15) is 65.7 Å². The van der Waals surface area contributed by atoms with E-state index in [-0.39, 0.29) is 17.5 Å². The smallest absolute Gasteiger partial charge is 0.302 e. The highest BCUT2D eigenvalue weighted by molar-refractivity contribution is 6.29. The Bertz CT molecular complexity index is 621. The van der Waals surface area contributed by atoms with Gasteiger partial charge in [-0.25, -0.2) is 0 Å². The van der Waals surface area contributed by atoms with Crippen molar-refractivity contribution >= 4 is 17.6 Å². The van der Waals surface area contributed by atoms with Crippen molar-refractivity contribution in [3.63, 3.8) is 0 Å². The first-order valence-electron chi connectivity index (χ1n) is 9.58. The molecule has 0 saturated heterocycles. The van der Waals surface area contributed by atoms with Gasteiger partial charge in [-0.2, -0.15) is 0 Å². The van der Waals surface area contributed by atoms with Crippen molar-refractivity contribution in [2.45, 2.75) is 71.8 Å². The van der Waals surface area contributed by atoms with E-state index >= 15 is 0 Å². The molecule has 0 aromatic heterocycles. The molecule has 2 fully saturated rings. The van der Waals surface area contributed by atoms with E-state index in [0.29, 0.717) is 11.3 Å². The summed E-state index contributed by atoms with van der Waals surface area (Å²) < 4.78 is 5.73. The van der Waals surface area contributed by atoms with Gasteiger partial charge in [-0.3, -0.25) is 4.79 Å². The van der Waals surface area contributed by atoms with Gasteiger partial charge in [0.2, 0.25) is 0 Å². The largest absolute Gasteiger partial charge is 0.462 e. The fourth-order valence-electron chi connectivity index (χ4n) is 6.64. The number of hydrogen-bond donors (Lipinski definition) is 0. The van der Waals surface area contributed by atoms with Crippen LogP contribution >= 0.6 is 11.6 Å². The lowest BCUT2D eigenvalue weighted by atomic mass is 9.49. The minimum absolute atomic E-state index is 0.117. The zero-order valence-corrected chi connectivity index (χ0v) is 15.9. The van der Waals surface area contributed by atoms with Crippen LogP contribution in [0.5, 0.6) is 0 Å². The molecule has 6 unspecified atom stereocenters. The number of hydrogen-bond acceptors (Lipinski definition) is 2. The summed E-state index contributed by atoms with van der Waals surface area (Å²) in [6, 6.07) is 0. The first-order valence-corrected chi connectivity index (χ1v) is 9.96. The third-order valence-electron chi connectivity index (χ3n) is 7.94. The molecule has 0 radical (unpaired) electrons. The van der Waals surface area contributed by atoms with Gasteiger partial charge in [0.25, 0.3) is 0 Å². The van der Waals surface area contributed by atoms with Crippen LogP contribution in [0.15, 0.2) is 22.8 Å². The highest BCUT2D eigenvalue weighted by Crippen LogP contribution is 2.65. The first-order chi connectivity index (χ1) is 11.3. The quantitative estimate of drug-likeness (QED) is 0.575. The Labute approximate surface area is 150 Å². The van der Waals surface area contributed by atoms with Gasteiger partial charge in [-0.05, 0) is 79.8 Å². The van der Waals surface area contributed by atoms with Crippen LogP contribution in [-0.2, 0) is 9.53 Å². The number of ether oxygens (including phenoxy) is 1. The lowest BCUT2D eigenvalue weighted by molar-refractivity contribution is -0.156. The van der Waals surface area contributed by atoms with E-state index in [1.165, 1.54) is 37.7 Å². The standard InChI is InChI=1S/C21H29ClO2/c1-13(23)24-19-7-6-17-16-5-4-14-12-15(22)8-10-20(14,2)18(16)9-11-21(17,19)3/h4,12,16-19H,5-11H2,1-3H3. The molecule has 0 spiro atoms. The molecule has 0 aliphatic heterocycles. The summed E-state index contributed by atoms with van der Waals surface area (Å²) in [5, 5.41) is 1.02. The Morgan fingerprint density at radius 1 is 1.21 bits per heavy atom. The predicted molar refractivity (Wildman–Crippen MR) is 96.6 cm³/mol. The van der Waals surface area contributed by atoms with E-state index in [1.54, 1.807) is 6.92 Å². The number of halogens is 1. The first kappa shape index (κ1) is 16.7. The van der Waals surface area contributed by atoms with Crippen molar-refractivity contribution in [3.8, 4) is 0 Å². The lowest BCUT2D eigenvalue weighted by Crippen LogP contribution is -2.50. The van der Waals surface area contributed by atoms with Gasteiger partial charge in [-0.1, -0.05) is 31.5 Å². The molecular weight excluding hydrogens is 320 g/mol. The maximum Gasteiger partial charge on any atom is 0.302 e. The molecule has 0 bridgehead atoms. The van der Waals surface area contributed by atoms with E-state index in [9.17, 15) is 4.79 Å². The monoisotopic (exact) mass is 348 g/mol. The zero-order valence-electron chi connectivity index (χ0n) is 15.1. The summed E-state index contributed by atoms with van der Waals surface area (Å²) in [7, 11) is 0. The summed E-state index contributed by atoms with van der Waals surface area (Å²) in [4.78, 5) is 11.5. The van der Waals surface area contributed by atoms with Crippen molar-refractivity contribution in [1.29, 1.82) is 0 Å². The highest BCUT2D eigenvalue weighted by atomic mass is 35.5. The molecular formula is C21H29ClO2. The van der Waals surface area contributed by atoms with Crippen LogP contribution in [0, 0.1) is 28.6 Å². The number of esters is 1. The number of carbonyl (C=O) groups is 1. The van der Waals surface area contributed by atoms with Crippen LogP contribution in [0.25, 0.3) is 0 Å². The highest BCUT2D eigenvalue weighted by Gasteiger charge is 2.59. The number of carbonyl (C=O) groups excluding carboxylic acids is 1. The minimum Gasteiger partial charge on any atom is -0.462 e. The number of fused-ring (bicyclic) bond motifs is 5. The van der Waals surface area contributed by atoms with Gasteiger partial charge in [0, 0.05) is 17.4 Å². The SMILES string of the molecule is CC(=O)OC1CCC2C3CC=C4C=C(Cl)CCC4(C)C3CCC12C. The Kier molecular flexibility index (Phi) is 3.91. The zero-order chi connectivity index (χ0) is 17.1. The van der Waals surface area contributed by atoms with Gasteiger partial charge >= 0.3 is 5.97 Å². The second-order valence-corrected chi connectivity index (χ2v) is 9.49. The fourth-order valence-corrected chi connectivity index (χ4v) is 6.85. The van der Waals surface area contributed by atoms with Crippen molar-refractivity contribution in [1.82, 2.24) is 0 Å². The second kappa shape index (κ2) is 5.62. The number of rotatable bonds is 1. The molecule has 4 aliphatic rings. The van der Waals surface area contributed by atoms with Crippen LogP contribution in [-0.4, -0.2) is 12.1 Å². The Balaban J connectivity index is 1.64. The van der Waals surface area contributed by atoms with E-state index in [2.05, 4.69) is 26.0 Å². The van der Waals surface area contributed by atoms with Crippen LogP contribution in [0.2, 0.25) is 0 Å². The van der Waals surface area contributed by atoms with E-state index in [1.807, 2.05) is 0 Å². The summed E-state index contributed by atoms with van der Waals surface area (Å²) in [6.07, 6.45) is 12.9. The van der Waals surface area contributed by atoms with Gasteiger partial charge in [0.05, 0.1) is 0 Å². The number of allylic oxidation sites excluding steroid dienone is 4. The summed E-state index contributed by atoms with van der Waals surface area (Å²) in [5.74, 6) is 2.07. The summed E-state index contributed by atoms with van der Waals surface area (Å²) in [5.41, 5.74) is 1.96. The van der Waals surface area contributed by atoms with Gasteiger partial charge in [0.1, 0.15) is 6.10 Å². The second-order valence-electron chi connectivity index (χ2n) is 9.00. The Morgan fingerprint density at radius 2 is 2.00 bits per heavy atom. The molecule has 2 nitrogen and oxygen atoms in total. The van der Waals surface area contributed by atoms with Crippen LogP contribution in [0.3, 0.4) is 0 Å². The molecule has 4 rings (SSSR count). The molecule has 132 valence electrons. The van der Waals surface area contributed by atoms with Gasteiger partial charge < -0.3 is 4.74 Å². The predicted octanol–water partition coefficient (Wildman–Crippen LogP) is 5.61. The molecule has 6 atom stereocenters. The Morgan fingerprint density at radius 3 is 2.75 bits per heavy atom. The molecule has 0 aromatic carbocycles. The van der Waals surface area contributed by atoms with Gasteiger partial charge in [0.15, 0.2) is 0 Å².